The minimum atomic E-state index is -3.91. The normalized spacial score (nSPS) is 15.7. The van der Waals surface area contributed by atoms with Crippen LogP contribution in [0.4, 0.5) is 0 Å². The van der Waals surface area contributed by atoms with Gasteiger partial charge in [-0.05, 0) is 54.4 Å². The Labute approximate surface area is 228 Å². The maximum absolute atomic E-state index is 13.6. The molecule has 3 aromatic carbocycles. The molecule has 0 bridgehead atoms. The van der Waals surface area contributed by atoms with Crippen LogP contribution in [0.5, 0.6) is 11.5 Å². The van der Waals surface area contributed by atoms with E-state index in [-0.39, 0.29) is 30.7 Å². The number of piperazine rings is 1. The number of sulfonamides is 1. The number of aryl methyl sites for hydroxylation is 1. The van der Waals surface area contributed by atoms with Gasteiger partial charge < -0.3 is 14.4 Å². The van der Waals surface area contributed by atoms with Crippen molar-refractivity contribution in [2.24, 2.45) is 0 Å². The first-order valence-corrected chi connectivity index (χ1v) is 14.3. The van der Waals surface area contributed by atoms with E-state index in [1.165, 1.54) is 4.31 Å². The summed E-state index contributed by atoms with van der Waals surface area (Å²) in [4.78, 5) is 17.5. The molecular weight excluding hydrogens is 526 g/mol. The van der Waals surface area contributed by atoms with Crippen LogP contribution in [-0.4, -0.2) is 67.9 Å². The molecule has 0 unspecified atom stereocenters. The summed E-state index contributed by atoms with van der Waals surface area (Å²) >= 11 is 6.14. The molecule has 1 saturated heterocycles. The molecule has 0 spiro atoms. The van der Waals surface area contributed by atoms with Crippen molar-refractivity contribution in [1.82, 2.24) is 14.1 Å². The molecule has 0 radical (unpaired) electrons. The number of hydrogen-bond acceptors (Lipinski definition) is 6. The van der Waals surface area contributed by atoms with Crippen molar-refractivity contribution >= 4 is 27.5 Å². The minimum Gasteiger partial charge on any atom is -0.454 e. The molecule has 1 fully saturated rings. The van der Waals surface area contributed by atoms with Gasteiger partial charge in [0.1, 0.15) is 0 Å². The Kier molecular flexibility index (Phi) is 7.90. The molecular formula is C28H30ClN3O5S. The fourth-order valence-electron chi connectivity index (χ4n) is 4.63. The van der Waals surface area contributed by atoms with Gasteiger partial charge in [0.05, 0.1) is 11.4 Å². The average Bonchev–Trinajstić information content (AvgIpc) is 3.37. The molecule has 10 heteroatoms. The van der Waals surface area contributed by atoms with Crippen LogP contribution in [0.1, 0.15) is 16.7 Å². The molecule has 2 heterocycles. The predicted molar refractivity (Wildman–Crippen MR) is 145 cm³/mol. The number of nitrogens with zero attached hydrogens (tertiary/aromatic N) is 3. The van der Waals surface area contributed by atoms with Gasteiger partial charge in [-0.25, -0.2) is 8.42 Å². The Morgan fingerprint density at radius 2 is 1.66 bits per heavy atom. The number of fused-ring (bicyclic) bond motifs is 1. The van der Waals surface area contributed by atoms with E-state index in [0.717, 1.165) is 34.7 Å². The number of carbonyl (C=O) groups excluding carboxylic acids is 1. The molecule has 8 nitrogen and oxygen atoms in total. The molecule has 0 N–H and O–H groups in total. The van der Waals surface area contributed by atoms with Crippen molar-refractivity contribution in [2.75, 3.05) is 39.5 Å². The first-order valence-electron chi connectivity index (χ1n) is 12.5. The van der Waals surface area contributed by atoms with Crippen molar-refractivity contribution in [1.29, 1.82) is 0 Å². The van der Waals surface area contributed by atoms with Gasteiger partial charge in [0, 0.05) is 44.3 Å². The number of halogens is 1. The molecule has 0 aliphatic carbocycles. The molecule has 0 aromatic heterocycles. The maximum Gasteiger partial charge on any atom is 0.243 e. The number of rotatable bonds is 8. The summed E-state index contributed by atoms with van der Waals surface area (Å²) in [6.45, 7) is 5.12. The molecule has 1 amide bonds. The smallest absolute Gasteiger partial charge is 0.243 e. The van der Waals surface area contributed by atoms with Crippen molar-refractivity contribution in [3.05, 3.63) is 88.4 Å². The van der Waals surface area contributed by atoms with Crippen molar-refractivity contribution in [2.45, 2.75) is 24.9 Å². The lowest BCUT2D eigenvalue weighted by Crippen LogP contribution is -2.51. The Morgan fingerprint density at radius 3 is 2.39 bits per heavy atom. The summed E-state index contributed by atoms with van der Waals surface area (Å²) in [7, 11) is -3.91. The fourth-order valence-corrected chi connectivity index (χ4v) is 6.22. The third-order valence-corrected chi connectivity index (χ3v) is 8.83. The van der Waals surface area contributed by atoms with E-state index in [1.54, 1.807) is 47.4 Å². The van der Waals surface area contributed by atoms with Crippen LogP contribution >= 0.6 is 11.6 Å². The van der Waals surface area contributed by atoms with Gasteiger partial charge in [0.2, 0.25) is 22.7 Å². The zero-order valence-electron chi connectivity index (χ0n) is 21.2. The Bertz CT molecular complexity index is 1410. The fraction of sp³-hybridized carbons (Fsp3) is 0.321. The minimum absolute atomic E-state index is 0.0482. The second-order valence-electron chi connectivity index (χ2n) is 9.56. The van der Waals surface area contributed by atoms with E-state index >= 15 is 0 Å². The van der Waals surface area contributed by atoms with Crippen LogP contribution in [0.2, 0.25) is 5.02 Å². The van der Waals surface area contributed by atoms with E-state index in [0.29, 0.717) is 31.2 Å². The van der Waals surface area contributed by atoms with E-state index < -0.39 is 10.0 Å². The monoisotopic (exact) mass is 555 g/mol. The second kappa shape index (κ2) is 11.3. The highest BCUT2D eigenvalue weighted by molar-refractivity contribution is 7.89. The highest BCUT2D eigenvalue weighted by atomic mass is 35.5. The third-order valence-electron chi connectivity index (χ3n) is 6.79. The Hall–Kier alpha value is -3.11. The van der Waals surface area contributed by atoms with Gasteiger partial charge in [-0.15, -0.1) is 0 Å². The summed E-state index contributed by atoms with van der Waals surface area (Å²) in [6, 6.07) is 19.6. The van der Waals surface area contributed by atoms with E-state index in [1.807, 2.05) is 31.2 Å². The molecule has 3 aromatic rings. The summed E-state index contributed by atoms with van der Waals surface area (Å²) in [5, 5.41) is 0.514. The average molecular weight is 556 g/mol. The molecule has 2 aliphatic heterocycles. The number of amides is 1. The van der Waals surface area contributed by atoms with Crippen LogP contribution < -0.4 is 9.47 Å². The second-order valence-corrected chi connectivity index (χ2v) is 11.9. The number of carbonyl (C=O) groups is 1. The van der Waals surface area contributed by atoms with Crippen LogP contribution in [0.3, 0.4) is 0 Å². The third kappa shape index (κ3) is 6.13. The zero-order chi connectivity index (χ0) is 26.7. The van der Waals surface area contributed by atoms with E-state index in [2.05, 4.69) is 4.90 Å². The van der Waals surface area contributed by atoms with Crippen molar-refractivity contribution in [3.63, 3.8) is 0 Å². The lowest BCUT2D eigenvalue weighted by atomic mass is 10.1. The molecule has 5 rings (SSSR count). The molecule has 0 saturated carbocycles. The lowest BCUT2D eigenvalue weighted by molar-refractivity contribution is -0.133. The molecule has 0 atom stereocenters. The number of ether oxygens (including phenoxy) is 2. The number of benzene rings is 3. The van der Waals surface area contributed by atoms with Crippen LogP contribution in [-0.2, 0) is 27.9 Å². The summed E-state index contributed by atoms with van der Waals surface area (Å²) in [5.74, 6) is 1.29. The van der Waals surface area contributed by atoms with Crippen LogP contribution in [0.15, 0.2) is 71.6 Å². The standard InChI is InChI=1S/C28H30ClN3O5S/c1-21-5-8-25(9-6-21)38(34,35)32(18-22-3-2-4-24(29)15-22)19-28(33)31-13-11-30(12-14-31)17-23-7-10-26-27(16-23)37-20-36-26/h2-10,15-16H,11-14,17-20H2,1H3. The number of hydrogen-bond donors (Lipinski definition) is 0. The summed E-state index contributed by atoms with van der Waals surface area (Å²) in [5.41, 5.74) is 2.79. The summed E-state index contributed by atoms with van der Waals surface area (Å²) in [6.07, 6.45) is 0. The highest BCUT2D eigenvalue weighted by Crippen LogP contribution is 2.33. The first-order chi connectivity index (χ1) is 18.3. The largest absolute Gasteiger partial charge is 0.454 e. The maximum atomic E-state index is 13.6. The SMILES string of the molecule is Cc1ccc(S(=O)(=O)N(CC(=O)N2CCN(Cc3ccc4c(c3)OCO4)CC2)Cc2cccc(Cl)c2)cc1. The Balaban J connectivity index is 1.25. The van der Waals surface area contributed by atoms with Gasteiger partial charge in [-0.3, -0.25) is 9.69 Å². The summed E-state index contributed by atoms with van der Waals surface area (Å²) < 4.78 is 39.3. The first kappa shape index (κ1) is 26.5. The van der Waals surface area contributed by atoms with Crippen LogP contribution in [0, 0.1) is 6.92 Å². The van der Waals surface area contributed by atoms with Gasteiger partial charge in [0.15, 0.2) is 11.5 Å². The van der Waals surface area contributed by atoms with Crippen molar-refractivity contribution in [3.8, 4) is 11.5 Å². The Morgan fingerprint density at radius 1 is 0.921 bits per heavy atom. The molecule has 38 heavy (non-hydrogen) atoms. The topological polar surface area (TPSA) is 79.4 Å². The quantitative estimate of drug-likeness (QED) is 0.419. The molecule has 200 valence electrons. The predicted octanol–water partition coefficient (Wildman–Crippen LogP) is 3.91. The van der Waals surface area contributed by atoms with Crippen molar-refractivity contribution < 1.29 is 22.7 Å². The van der Waals surface area contributed by atoms with Gasteiger partial charge in [0.25, 0.3) is 0 Å². The van der Waals surface area contributed by atoms with E-state index in [4.69, 9.17) is 21.1 Å². The van der Waals surface area contributed by atoms with Gasteiger partial charge in [-0.2, -0.15) is 4.31 Å². The van der Waals surface area contributed by atoms with E-state index in [9.17, 15) is 13.2 Å². The zero-order valence-corrected chi connectivity index (χ0v) is 22.7. The van der Waals surface area contributed by atoms with Gasteiger partial charge >= 0.3 is 0 Å². The lowest BCUT2D eigenvalue weighted by Gasteiger charge is -2.35. The molecule has 2 aliphatic rings. The highest BCUT2D eigenvalue weighted by Gasteiger charge is 2.30. The van der Waals surface area contributed by atoms with Crippen LogP contribution in [0.25, 0.3) is 0 Å². The van der Waals surface area contributed by atoms with Gasteiger partial charge in [-0.1, -0.05) is 47.5 Å².